The molecule has 2 N–H and O–H groups in total. The predicted octanol–water partition coefficient (Wildman–Crippen LogP) is 3.99. The first kappa shape index (κ1) is 14.5. The van der Waals surface area contributed by atoms with E-state index in [0.29, 0.717) is 6.04 Å². The zero-order valence-electron chi connectivity index (χ0n) is 12.0. The summed E-state index contributed by atoms with van der Waals surface area (Å²) in [7, 11) is 0. The van der Waals surface area contributed by atoms with Crippen molar-refractivity contribution in [3.8, 4) is 0 Å². The van der Waals surface area contributed by atoms with Gasteiger partial charge in [-0.05, 0) is 44.4 Å². The van der Waals surface area contributed by atoms with Gasteiger partial charge in [0.25, 0.3) is 0 Å². The van der Waals surface area contributed by atoms with Gasteiger partial charge >= 0.3 is 0 Å². The SMILES string of the molecule is CCCNc1cncc(NC2CCC(SC)CC2)c1. The molecule has 0 amide bonds. The zero-order valence-corrected chi connectivity index (χ0v) is 12.8. The summed E-state index contributed by atoms with van der Waals surface area (Å²) in [5.41, 5.74) is 2.26. The molecule has 0 unspecified atom stereocenters. The van der Waals surface area contributed by atoms with Gasteiger partial charge in [-0.15, -0.1) is 0 Å². The molecule has 0 bridgehead atoms. The standard InChI is InChI=1S/C15H25N3S/c1-3-8-17-13-9-14(11-16-10-13)18-12-4-6-15(19-2)7-5-12/h9-12,15,17-18H,3-8H2,1-2H3. The van der Waals surface area contributed by atoms with Crippen molar-refractivity contribution >= 4 is 23.1 Å². The Labute approximate surface area is 121 Å². The summed E-state index contributed by atoms with van der Waals surface area (Å²) in [6.45, 7) is 3.18. The first-order chi connectivity index (χ1) is 9.31. The maximum absolute atomic E-state index is 4.31. The number of hydrogen-bond donors (Lipinski definition) is 2. The summed E-state index contributed by atoms with van der Waals surface area (Å²) in [6, 6.07) is 2.79. The van der Waals surface area contributed by atoms with Crippen LogP contribution < -0.4 is 10.6 Å². The van der Waals surface area contributed by atoms with Crippen LogP contribution in [0.4, 0.5) is 11.4 Å². The Bertz CT molecular complexity index is 375. The van der Waals surface area contributed by atoms with E-state index in [-0.39, 0.29) is 0 Å². The molecule has 106 valence electrons. The molecule has 0 atom stereocenters. The van der Waals surface area contributed by atoms with Crippen LogP contribution in [-0.2, 0) is 0 Å². The van der Waals surface area contributed by atoms with E-state index in [1.807, 2.05) is 24.2 Å². The monoisotopic (exact) mass is 279 g/mol. The Hall–Kier alpha value is -0.900. The molecule has 1 aliphatic rings. The van der Waals surface area contributed by atoms with Gasteiger partial charge in [0.05, 0.1) is 23.8 Å². The molecule has 0 spiro atoms. The fourth-order valence-electron chi connectivity index (χ4n) is 2.56. The number of rotatable bonds is 6. The van der Waals surface area contributed by atoms with E-state index >= 15 is 0 Å². The molecular formula is C15H25N3S. The Morgan fingerprint density at radius 2 is 1.95 bits per heavy atom. The number of nitrogens with zero attached hydrogens (tertiary/aromatic N) is 1. The van der Waals surface area contributed by atoms with Crippen LogP contribution in [0.5, 0.6) is 0 Å². The van der Waals surface area contributed by atoms with E-state index in [0.717, 1.165) is 29.6 Å². The topological polar surface area (TPSA) is 37.0 Å². The van der Waals surface area contributed by atoms with Gasteiger partial charge in [0.1, 0.15) is 0 Å². The van der Waals surface area contributed by atoms with Gasteiger partial charge in [-0.1, -0.05) is 6.92 Å². The van der Waals surface area contributed by atoms with Crippen molar-refractivity contribution in [2.45, 2.75) is 50.3 Å². The van der Waals surface area contributed by atoms with Crippen LogP contribution in [0, 0.1) is 0 Å². The molecular weight excluding hydrogens is 254 g/mol. The Kier molecular flexibility index (Phi) is 5.83. The van der Waals surface area contributed by atoms with Crippen molar-refractivity contribution in [2.75, 3.05) is 23.4 Å². The smallest absolute Gasteiger partial charge is 0.0549 e. The Balaban J connectivity index is 1.85. The maximum Gasteiger partial charge on any atom is 0.0549 e. The van der Waals surface area contributed by atoms with Crippen molar-refractivity contribution in [3.05, 3.63) is 18.5 Å². The van der Waals surface area contributed by atoms with Gasteiger partial charge in [0.15, 0.2) is 0 Å². The summed E-state index contributed by atoms with van der Waals surface area (Å²) in [6.07, 6.45) is 12.4. The average molecular weight is 279 g/mol. The normalized spacial score (nSPS) is 23.1. The Morgan fingerprint density at radius 1 is 1.21 bits per heavy atom. The van der Waals surface area contributed by atoms with E-state index in [2.05, 4.69) is 34.9 Å². The highest BCUT2D eigenvalue weighted by atomic mass is 32.2. The second kappa shape index (κ2) is 7.63. The molecule has 3 nitrogen and oxygen atoms in total. The first-order valence-corrected chi connectivity index (χ1v) is 8.59. The van der Waals surface area contributed by atoms with Gasteiger partial charge in [0.2, 0.25) is 0 Å². The molecule has 1 fully saturated rings. The average Bonchev–Trinajstić information content (AvgIpc) is 2.46. The summed E-state index contributed by atoms with van der Waals surface area (Å²) in [5.74, 6) is 0. The minimum Gasteiger partial charge on any atom is -0.384 e. The highest BCUT2D eigenvalue weighted by Gasteiger charge is 2.20. The van der Waals surface area contributed by atoms with Crippen LogP contribution in [0.3, 0.4) is 0 Å². The molecule has 0 saturated heterocycles. The minimum atomic E-state index is 0.617. The molecule has 1 heterocycles. The number of hydrogen-bond acceptors (Lipinski definition) is 4. The van der Waals surface area contributed by atoms with Crippen molar-refractivity contribution in [3.63, 3.8) is 0 Å². The lowest BCUT2D eigenvalue weighted by atomic mass is 9.95. The van der Waals surface area contributed by atoms with E-state index in [1.165, 1.54) is 25.7 Å². The van der Waals surface area contributed by atoms with Crippen LogP contribution >= 0.6 is 11.8 Å². The number of nitrogens with one attached hydrogen (secondary N) is 2. The molecule has 1 aromatic heterocycles. The fraction of sp³-hybridized carbons (Fsp3) is 0.667. The fourth-order valence-corrected chi connectivity index (χ4v) is 3.31. The summed E-state index contributed by atoms with van der Waals surface area (Å²) in [5, 5.41) is 7.88. The van der Waals surface area contributed by atoms with Crippen LogP contribution in [0.25, 0.3) is 0 Å². The van der Waals surface area contributed by atoms with Gasteiger partial charge in [-0.2, -0.15) is 11.8 Å². The Morgan fingerprint density at radius 3 is 2.63 bits per heavy atom. The largest absolute Gasteiger partial charge is 0.384 e. The molecule has 19 heavy (non-hydrogen) atoms. The second-order valence-corrected chi connectivity index (χ2v) is 6.38. The van der Waals surface area contributed by atoms with Gasteiger partial charge in [0, 0.05) is 17.8 Å². The van der Waals surface area contributed by atoms with E-state index in [1.54, 1.807) is 0 Å². The van der Waals surface area contributed by atoms with Crippen LogP contribution in [0.15, 0.2) is 18.5 Å². The number of thioether (sulfide) groups is 1. The lowest BCUT2D eigenvalue weighted by molar-refractivity contribution is 0.473. The molecule has 2 rings (SSSR count). The number of aromatic nitrogens is 1. The number of pyridine rings is 1. The van der Waals surface area contributed by atoms with Gasteiger partial charge in [-0.25, -0.2) is 0 Å². The van der Waals surface area contributed by atoms with Crippen LogP contribution in [0.1, 0.15) is 39.0 Å². The number of anilines is 2. The molecule has 4 heteroatoms. The third kappa shape index (κ3) is 4.60. The molecule has 1 aromatic rings. The lowest BCUT2D eigenvalue weighted by Gasteiger charge is -2.28. The lowest BCUT2D eigenvalue weighted by Crippen LogP contribution is -2.27. The zero-order chi connectivity index (χ0) is 13.5. The summed E-state index contributed by atoms with van der Waals surface area (Å²) >= 11 is 2.02. The molecule has 0 aromatic carbocycles. The van der Waals surface area contributed by atoms with E-state index < -0.39 is 0 Å². The highest BCUT2D eigenvalue weighted by molar-refractivity contribution is 7.99. The van der Waals surface area contributed by atoms with Crippen LogP contribution in [0.2, 0.25) is 0 Å². The van der Waals surface area contributed by atoms with Crippen molar-refractivity contribution in [1.29, 1.82) is 0 Å². The first-order valence-electron chi connectivity index (χ1n) is 7.30. The third-order valence-corrected chi connectivity index (χ3v) is 4.83. The van der Waals surface area contributed by atoms with Crippen molar-refractivity contribution in [2.24, 2.45) is 0 Å². The minimum absolute atomic E-state index is 0.617. The summed E-state index contributed by atoms with van der Waals surface area (Å²) < 4.78 is 0. The predicted molar refractivity (Wildman–Crippen MR) is 86.2 cm³/mol. The molecule has 0 aliphatic heterocycles. The van der Waals surface area contributed by atoms with Crippen molar-refractivity contribution < 1.29 is 0 Å². The van der Waals surface area contributed by atoms with Gasteiger partial charge < -0.3 is 10.6 Å². The van der Waals surface area contributed by atoms with E-state index in [9.17, 15) is 0 Å². The maximum atomic E-state index is 4.31. The van der Waals surface area contributed by atoms with Crippen LogP contribution in [-0.4, -0.2) is 29.1 Å². The highest BCUT2D eigenvalue weighted by Crippen LogP contribution is 2.28. The quantitative estimate of drug-likeness (QED) is 0.825. The summed E-state index contributed by atoms with van der Waals surface area (Å²) in [4.78, 5) is 4.31. The third-order valence-electron chi connectivity index (χ3n) is 3.70. The molecule has 1 aliphatic carbocycles. The van der Waals surface area contributed by atoms with Gasteiger partial charge in [-0.3, -0.25) is 4.98 Å². The van der Waals surface area contributed by atoms with Crippen molar-refractivity contribution in [1.82, 2.24) is 4.98 Å². The van der Waals surface area contributed by atoms with E-state index in [4.69, 9.17) is 0 Å². The molecule has 0 radical (unpaired) electrons. The molecule has 1 saturated carbocycles. The second-order valence-electron chi connectivity index (χ2n) is 5.24.